The predicted molar refractivity (Wildman–Crippen MR) is 77.2 cm³/mol. The monoisotopic (exact) mass is 297 g/mol. The first kappa shape index (κ1) is 16.4. The molecule has 0 aromatic heterocycles. The smallest absolute Gasteiger partial charge is 0.308 e. The van der Waals surface area contributed by atoms with Crippen LogP contribution in [0.2, 0.25) is 0 Å². The Bertz CT molecular complexity index is 530. The summed E-state index contributed by atoms with van der Waals surface area (Å²) in [6, 6.07) is 6.73. The van der Waals surface area contributed by atoms with E-state index in [0.717, 1.165) is 0 Å². The minimum absolute atomic E-state index is 0.112. The zero-order valence-corrected chi connectivity index (χ0v) is 12.6. The van der Waals surface area contributed by atoms with Gasteiger partial charge >= 0.3 is 5.97 Å². The minimum atomic E-state index is -1.22. The molecule has 0 aliphatic carbocycles. The predicted octanol–water partition coefficient (Wildman–Crippen LogP) is 1.61. The molecule has 6 heteroatoms. The van der Waals surface area contributed by atoms with Crippen molar-refractivity contribution in [1.82, 2.24) is 4.90 Å². The molecule has 1 N–H and O–H groups in total. The molecule has 0 heterocycles. The topological polar surface area (TPSA) is 74.7 Å². The molecule has 110 valence electrons. The van der Waals surface area contributed by atoms with Gasteiger partial charge in [-0.15, -0.1) is 0 Å². The van der Waals surface area contributed by atoms with Gasteiger partial charge in [-0.05, 0) is 12.1 Å². The average Bonchev–Trinajstić information content (AvgIpc) is 2.45. The molecule has 0 fully saturated rings. The lowest BCUT2D eigenvalue weighted by atomic mass is 10.1. The van der Waals surface area contributed by atoms with E-state index in [1.165, 1.54) is 4.90 Å². The van der Waals surface area contributed by atoms with Crippen LogP contribution in [0.25, 0.3) is 0 Å². The largest absolute Gasteiger partial charge is 0.481 e. The summed E-state index contributed by atoms with van der Waals surface area (Å²) in [6.07, 6.45) is 0. The van der Waals surface area contributed by atoms with E-state index in [-0.39, 0.29) is 12.5 Å². The highest BCUT2D eigenvalue weighted by Gasteiger charge is 2.21. The lowest BCUT2D eigenvalue weighted by Crippen LogP contribution is -2.34. The van der Waals surface area contributed by atoms with Crippen LogP contribution in [0, 0.1) is 5.92 Å². The number of amides is 1. The van der Waals surface area contributed by atoms with Gasteiger partial charge in [0, 0.05) is 19.3 Å². The molecule has 2 unspecified atom stereocenters. The molecular weight excluding hydrogens is 278 g/mol. The molecule has 5 nitrogen and oxygen atoms in total. The lowest BCUT2D eigenvalue weighted by molar-refractivity contribution is -0.141. The van der Waals surface area contributed by atoms with Crippen molar-refractivity contribution < 1.29 is 18.9 Å². The van der Waals surface area contributed by atoms with Gasteiger partial charge in [-0.3, -0.25) is 13.8 Å². The second-order valence-electron chi connectivity index (χ2n) is 4.56. The van der Waals surface area contributed by atoms with Crippen molar-refractivity contribution in [3.8, 4) is 0 Å². The van der Waals surface area contributed by atoms with Gasteiger partial charge in [0.25, 0.3) is 5.91 Å². The Kier molecular flexibility index (Phi) is 5.88. The summed E-state index contributed by atoms with van der Waals surface area (Å²) in [7, 11) is 0.325. The van der Waals surface area contributed by atoms with Crippen LogP contribution in [0.3, 0.4) is 0 Å². The summed E-state index contributed by atoms with van der Waals surface area (Å²) in [4.78, 5) is 25.0. The van der Waals surface area contributed by atoms with Crippen LogP contribution in [0.15, 0.2) is 29.2 Å². The number of carboxylic acids is 1. The van der Waals surface area contributed by atoms with Crippen LogP contribution in [-0.2, 0) is 15.6 Å². The van der Waals surface area contributed by atoms with E-state index in [9.17, 15) is 13.8 Å². The first-order valence-electron chi connectivity index (χ1n) is 6.34. The molecule has 20 heavy (non-hydrogen) atoms. The SMILES string of the molecule is CCS(=O)c1ccccc1C(=O)N(C)CC(C)C(=O)O. The number of benzene rings is 1. The quantitative estimate of drug-likeness (QED) is 0.865. The summed E-state index contributed by atoms with van der Waals surface area (Å²) in [5, 5.41) is 8.88. The van der Waals surface area contributed by atoms with E-state index in [2.05, 4.69) is 0 Å². The molecular formula is C14H19NO4S. The van der Waals surface area contributed by atoms with Gasteiger partial charge in [0.15, 0.2) is 0 Å². The normalized spacial score (nSPS) is 13.6. The fourth-order valence-electron chi connectivity index (χ4n) is 1.77. The molecule has 0 saturated heterocycles. The van der Waals surface area contributed by atoms with E-state index < -0.39 is 22.7 Å². The minimum Gasteiger partial charge on any atom is -0.481 e. The zero-order valence-electron chi connectivity index (χ0n) is 11.8. The van der Waals surface area contributed by atoms with E-state index in [1.807, 2.05) is 0 Å². The van der Waals surface area contributed by atoms with Gasteiger partial charge in [0.1, 0.15) is 0 Å². The number of hydrogen-bond acceptors (Lipinski definition) is 3. The summed E-state index contributed by atoms with van der Waals surface area (Å²) < 4.78 is 11.9. The molecule has 0 bridgehead atoms. The molecule has 1 aromatic rings. The van der Waals surface area contributed by atoms with E-state index in [0.29, 0.717) is 16.2 Å². The molecule has 1 aromatic carbocycles. The van der Waals surface area contributed by atoms with Gasteiger partial charge in [-0.2, -0.15) is 0 Å². The number of aliphatic carboxylic acids is 1. The number of rotatable bonds is 6. The van der Waals surface area contributed by atoms with Crippen molar-refractivity contribution >= 4 is 22.7 Å². The van der Waals surface area contributed by atoms with Gasteiger partial charge < -0.3 is 10.0 Å². The highest BCUT2D eigenvalue weighted by atomic mass is 32.2. The summed E-state index contributed by atoms with van der Waals surface area (Å²) in [5.74, 6) is -1.47. The van der Waals surface area contributed by atoms with Gasteiger partial charge in [0.2, 0.25) is 0 Å². The number of carbonyl (C=O) groups is 2. The Balaban J connectivity index is 2.97. The molecule has 1 rings (SSSR count). The summed E-state index contributed by atoms with van der Waals surface area (Å²) in [6.45, 7) is 3.44. The Morgan fingerprint density at radius 2 is 1.95 bits per heavy atom. The zero-order chi connectivity index (χ0) is 15.3. The van der Waals surface area contributed by atoms with Crippen molar-refractivity contribution in [2.75, 3.05) is 19.3 Å². The Labute approximate surface area is 121 Å². The van der Waals surface area contributed by atoms with Crippen molar-refractivity contribution in [3.63, 3.8) is 0 Å². The molecule has 0 spiro atoms. The lowest BCUT2D eigenvalue weighted by Gasteiger charge is -2.20. The number of nitrogens with zero attached hydrogens (tertiary/aromatic N) is 1. The maximum Gasteiger partial charge on any atom is 0.308 e. The Morgan fingerprint density at radius 1 is 1.35 bits per heavy atom. The molecule has 0 radical (unpaired) electrons. The van der Waals surface area contributed by atoms with E-state index in [4.69, 9.17) is 5.11 Å². The number of hydrogen-bond donors (Lipinski definition) is 1. The third-order valence-corrected chi connectivity index (χ3v) is 4.31. The fourth-order valence-corrected chi connectivity index (χ4v) is 2.72. The first-order valence-corrected chi connectivity index (χ1v) is 7.66. The van der Waals surface area contributed by atoms with Crippen molar-refractivity contribution in [2.24, 2.45) is 5.92 Å². The van der Waals surface area contributed by atoms with Crippen LogP contribution in [0.1, 0.15) is 24.2 Å². The standard InChI is InChI=1S/C14H19NO4S/c1-4-20(19)12-8-6-5-7-11(12)13(16)15(3)9-10(2)14(17)18/h5-8,10H,4,9H2,1-3H3,(H,17,18). The molecule has 0 aliphatic rings. The van der Waals surface area contributed by atoms with Crippen molar-refractivity contribution in [3.05, 3.63) is 29.8 Å². The van der Waals surface area contributed by atoms with Gasteiger partial charge in [-0.1, -0.05) is 26.0 Å². The van der Waals surface area contributed by atoms with Crippen molar-refractivity contribution in [1.29, 1.82) is 0 Å². The maximum atomic E-state index is 12.3. The second-order valence-corrected chi connectivity index (χ2v) is 6.26. The van der Waals surface area contributed by atoms with Crippen molar-refractivity contribution in [2.45, 2.75) is 18.7 Å². The van der Waals surface area contributed by atoms with E-state index >= 15 is 0 Å². The molecule has 2 atom stereocenters. The second kappa shape index (κ2) is 7.19. The Hall–Kier alpha value is -1.69. The van der Waals surface area contributed by atoms with E-state index in [1.54, 1.807) is 45.2 Å². The Morgan fingerprint density at radius 3 is 2.50 bits per heavy atom. The van der Waals surface area contributed by atoms with Crippen LogP contribution in [0.4, 0.5) is 0 Å². The van der Waals surface area contributed by atoms with Gasteiger partial charge in [-0.25, -0.2) is 0 Å². The molecule has 0 aliphatic heterocycles. The highest BCUT2D eigenvalue weighted by Crippen LogP contribution is 2.16. The number of carbonyl (C=O) groups excluding carboxylic acids is 1. The summed E-state index contributed by atoms with van der Waals surface area (Å²) in [5.41, 5.74) is 0.368. The number of carboxylic acid groups (broad SMARTS) is 1. The van der Waals surface area contributed by atoms with Crippen LogP contribution >= 0.6 is 0 Å². The third-order valence-electron chi connectivity index (χ3n) is 2.94. The maximum absolute atomic E-state index is 12.3. The first-order chi connectivity index (χ1) is 9.38. The highest BCUT2D eigenvalue weighted by molar-refractivity contribution is 7.85. The molecule has 0 saturated carbocycles. The van der Waals surface area contributed by atoms with Crippen LogP contribution in [0.5, 0.6) is 0 Å². The third kappa shape index (κ3) is 3.90. The summed E-state index contributed by atoms with van der Waals surface area (Å²) >= 11 is 0. The molecule has 1 amide bonds. The fraction of sp³-hybridized carbons (Fsp3) is 0.429. The average molecular weight is 297 g/mol. The van der Waals surface area contributed by atoms with Gasteiger partial charge in [0.05, 0.1) is 27.2 Å². The van der Waals surface area contributed by atoms with Crippen LogP contribution < -0.4 is 0 Å². The van der Waals surface area contributed by atoms with Crippen LogP contribution in [-0.4, -0.2) is 45.4 Å².